The van der Waals surface area contributed by atoms with Crippen LogP contribution in [0.5, 0.6) is 5.75 Å². The Bertz CT molecular complexity index is 1110. The van der Waals surface area contributed by atoms with Gasteiger partial charge in [-0.1, -0.05) is 11.8 Å². The molecule has 0 saturated heterocycles. The lowest BCUT2D eigenvalue weighted by atomic mass is 10.2. The number of aromatic nitrogens is 2. The van der Waals surface area contributed by atoms with E-state index in [1.54, 1.807) is 42.7 Å². The summed E-state index contributed by atoms with van der Waals surface area (Å²) in [5.74, 6) is 1.43. The van der Waals surface area contributed by atoms with Gasteiger partial charge in [-0.2, -0.15) is 0 Å². The fraction of sp³-hybridized carbons (Fsp3) is 0.333. The summed E-state index contributed by atoms with van der Waals surface area (Å²) in [4.78, 5) is 36.2. The van der Waals surface area contributed by atoms with Gasteiger partial charge in [-0.25, -0.2) is 9.97 Å². The van der Waals surface area contributed by atoms with Crippen molar-refractivity contribution in [1.82, 2.24) is 20.8 Å². The third kappa shape index (κ3) is 4.41. The number of nitrogens with zero attached hydrogens (tertiary/aromatic N) is 2. The van der Waals surface area contributed by atoms with Crippen LogP contribution in [0.25, 0.3) is 10.2 Å². The zero-order chi connectivity index (χ0) is 21.3. The maximum atomic E-state index is 12.3. The van der Waals surface area contributed by atoms with Crippen LogP contribution in [-0.4, -0.2) is 34.6 Å². The molecule has 0 aliphatic heterocycles. The van der Waals surface area contributed by atoms with Crippen LogP contribution in [0.15, 0.2) is 29.3 Å². The summed E-state index contributed by atoms with van der Waals surface area (Å²) in [5.41, 5.74) is 6.50. The first-order valence-corrected chi connectivity index (χ1v) is 11.4. The molecule has 30 heavy (non-hydrogen) atoms. The number of carbonyl (C=O) groups is 2. The van der Waals surface area contributed by atoms with Crippen molar-refractivity contribution in [3.63, 3.8) is 0 Å². The van der Waals surface area contributed by atoms with Gasteiger partial charge in [-0.15, -0.1) is 11.3 Å². The van der Waals surface area contributed by atoms with E-state index in [0.717, 1.165) is 39.5 Å². The van der Waals surface area contributed by atoms with E-state index in [2.05, 4.69) is 24.7 Å². The predicted molar refractivity (Wildman–Crippen MR) is 118 cm³/mol. The third-order valence-electron chi connectivity index (χ3n) is 4.96. The highest BCUT2D eigenvalue weighted by Crippen LogP contribution is 2.42. The van der Waals surface area contributed by atoms with Gasteiger partial charge in [0.1, 0.15) is 21.4 Å². The van der Waals surface area contributed by atoms with E-state index < -0.39 is 0 Å². The van der Waals surface area contributed by atoms with Crippen LogP contribution in [-0.2, 0) is 4.79 Å². The van der Waals surface area contributed by atoms with Gasteiger partial charge < -0.3 is 4.74 Å². The zero-order valence-corrected chi connectivity index (χ0v) is 18.6. The number of fused-ring (bicyclic) bond motifs is 1. The van der Waals surface area contributed by atoms with Crippen LogP contribution in [0.4, 0.5) is 0 Å². The summed E-state index contributed by atoms with van der Waals surface area (Å²) in [5, 5.41) is 1.86. The molecule has 0 bridgehead atoms. The number of hydrogen-bond donors (Lipinski definition) is 2. The minimum Gasteiger partial charge on any atom is -0.497 e. The highest BCUT2D eigenvalue weighted by Gasteiger charge is 2.28. The number of methoxy groups -OCH3 is 1. The largest absolute Gasteiger partial charge is 0.497 e. The number of carbonyl (C=O) groups excluding carboxylic acids is 2. The lowest BCUT2D eigenvalue weighted by molar-refractivity contribution is -0.119. The number of rotatable bonds is 6. The molecule has 156 valence electrons. The molecule has 1 fully saturated rings. The summed E-state index contributed by atoms with van der Waals surface area (Å²) >= 11 is 3.04. The summed E-state index contributed by atoms with van der Waals surface area (Å²) in [6.45, 7) is 4.14. The molecule has 1 aliphatic rings. The Morgan fingerprint density at radius 3 is 2.57 bits per heavy atom. The number of thiophene rings is 1. The molecule has 2 N–H and O–H groups in total. The van der Waals surface area contributed by atoms with Crippen molar-refractivity contribution in [2.45, 2.75) is 37.6 Å². The van der Waals surface area contributed by atoms with E-state index >= 15 is 0 Å². The van der Waals surface area contributed by atoms with E-state index in [1.807, 2.05) is 0 Å². The average molecular weight is 443 g/mol. The van der Waals surface area contributed by atoms with E-state index in [9.17, 15) is 9.59 Å². The lowest BCUT2D eigenvalue weighted by Crippen LogP contribution is -2.42. The zero-order valence-electron chi connectivity index (χ0n) is 16.9. The van der Waals surface area contributed by atoms with Crippen LogP contribution in [0, 0.1) is 13.8 Å². The Morgan fingerprint density at radius 2 is 1.90 bits per heavy atom. The van der Waals surface area contributed by atoms with E-state index in [1.165, 1.54) is 16.6 Å². The van der Waals surface area contributed by atoms with Crippen molar-refractivity contribution < 1.29 is 14.3 Å². The predicted octanol–water partition coefficient (Wildman–Crippen LogP) is 3.75. The molecule has 1 aliphatic carbocycles. The van der Waals surface area contributed by atoms with Crippen molar-refractivity contribution in [3.05, 3.63) is 46.1 Å². The number of hydrazine groups is 1. The summed E-state index contributed by atoms with van der Waals surface area (Å²) in [6.07, 6.45) is 2.24. The quantitative estimate of drug-likeness (QED) is 0.343. The molecule has 0 atom stereocenters. The van der Waals surface area contributed by atoms with Gasteiger partial charge in [-0.05, 0) is 56.5 Å². The van der Waals surface area contributed by atoms with Crippen LogP contribution in [0.1, 0.15) is 45.4 Å². The number of amides is 2. The number of benzene rings is 1. The van der Waals surface area contributed by atoms with E-state index in [4.69, 9.17) is 14.7 Å². The van der Waals surface area contributed by atoms with Crippen LogP contribution in [0.3, 0.4) is 0 Å². The molecule has 2 aromatic heterocycles. The molecular weight excluding hydrogens is 420 g/mol. The van der Waals surface area contributed by atoms with Crippen LogP contribution >= 0.6 is 23.1 Å². The molecule has 0 unspecified atom stereocenters. The normalized spacial score (nSPS) is 13.3. The Kier molecular flexibility index (Phi) is 5.92. The summed E-state index contributed by atoms with van der Waals surface area (Å²) in [6, 6.07) is 6.65. The Morgan fingerprint density at radius 1 is 1.17 bits per heavy atom. The van der Waals surface area contributed by atoms with Crippen molar-refractivity contribution in [2.75, 3.05) is 12.9 Å². The van der Waals surface area contributed by atoms with Crippen molar-refractivity contribution in [3.8, 4) is 5.75 Å². The molecule has 2 amide bonds. The van der Waals surface area contributed by atoms with E-state index in [-0.39, 0.29) is 17.6 Å². The minimum atomic E-state index is -0.388. The standard InChI is InChI=1S/C21H22N4O3S2/c1-11-12(2)30-21-17(11)20(22-18(23-21)13-4-5-13)29-10-16(26)24-25-19(27)14-6-8-15(28-3)9-7-14/h6-9,13H,4-5,10H2,1-3H3,(H,24,26)(H,25,27). The average Bonchev–Trinajstić information content (AvgIpc) is 3.56. The first-order valence-electron chi connectivity index (χ1n) is 9.60. The van der Waals surface area contributed by atoms with Gasteiger partial charge in [0, 0.05) is 21.7 Å². The Balaban J connectivity index is 1.39. The number of thioether (sulfide) groups is 1. The fourth-order valence-corrected chi connectivity index (χ4v) is 4.96. The molecule has 4 rings (SSSR count). The smallest absolute Gasteiger partial charge is 0.269 e. The second-order valence-electron chi connectivity index (χ2n) is 7.14. The molecule has 0 spiro atoms. The fourth-order valence-electron chi connectivity index (χ4n) is 2.97. The molecule has 7 nitrogen and oxygen atoms in total. The second kappa shape index (κ2) is 8.61. The third-order valence-corrected chi connectivity index (χ3v) is 7.04. The Labute approximate surface area is 182 Å². The van der Waals surface area contributed by atoms with Crippen LogP contribution < -0.4 is 15.6 Å². The molecule has 1 aromatic carbocycles. The first-order chi connectivity index (χ1) is 14.5. The van der Waals surface area contributed by atoms with Gasteiger partial charge in [-0.3, -0.25) is 20.4 Å². The summed E-state index contributed by atoms with van der Waals surface area (Å²) in [7, 11) is 1.56. The highest BCUT2D eigenvalue weighted by atomic mass is 32.2. The second-order valence-corrected chi connectivity index (χ2v) is 9.31. The van der Waals surface area contributed by atoms with Gasteiger partial charge in [0.05, 0.1) is 12.9 Å². The SMILES string of the molecule is COc1ccc(C(=O)NNC(=O)CSc2nc(C3CC3)nc3sc(C)c(C)c23)cc1. The molecule has 2 heterocycles. The van der Waals surface area contributed by atoms with Gasteiger partial charge >= 0.3 is 0 Å². The van der Waals surface area contributed by atoms with Crippen molar-refractivity contribution in [1.29, 1.82) is 0 Å². The van der Waals surface area contributed by atoms with Gasteiger partial charge in [0.2, 0.25) is 5.91 Å². The van der Waals surface area contributed by atoms with Crippen molar-refractivity contribution in [2.24, 2.45) is 0 Å². The number of nitrogens with one attached hydrogen (secondary N) is 2. The number of ether oxygens (including phenoxy) is 1. The minimum absolute atomic E-state index is 0.146. The van der Waals surface area contributed by atoms with Crippen molar-refractivity contribution >= 4 is 45.1 Å². The molecular formula is C21H22N4O3S2. The van der Waals surface area contributed by atoms with Crippen LogP contribution in [0.2, 0.25) is 0 Å². The Hall–Kier alpha value is -2.65. The first kappa shape index (κ1) is 20.6. The molecule has 0 radical (unpaired) electrons. The number of aryl methyl sites for hydroxylation is 2. The monoisotopic (exact) mass is 442 g/mol. The maximum Gasteiger partial charge on any atom is 0.269 e. The van der Waals surface area contributed by atoms with Gasteiger partial charge in [0.15, 0.2) is 0 Å². The number of hydrogen-bond acceptors (Lipinski definition) is 7. The van der Waals surface area contributed by atoms with Gasteiger partial charge in [0.25, 0.3) is 5.91 Å². The molecule has 1 saturated carbocycles. The maximum absolute atomic E-state index is 12.3. The topological polar surface area (TPSA) is 93.2 Å². The highest BCUT2D eigenvalue weighted by molar-refractivity contribution is 8.00. The molecule has 3 aromatic rings. The summed E-state index contributed by atoms with van der Waals surface area (Å²) < 4.78 is 5.07. The van der Waals surface area contributed by atoms with E-state index in [0.29, 0.717) is 17.2 Å². The lowest BCUT2D eigenvalue weighted by Gasteiger charge is -2.09. The molecule has 9 heteroatoms.